The van der Waals surface area contributed by atoms with Crippen LogP contribution < -0.4 is 0 Å². The molecule has 6 atom stereocenters. The van der Waals surface area contributed by atoms with Crippen molar-refractivity contribution in [3.8, 4) is 0 Å². The Bertz CT molecular complexity index is 1810. The van der Waals surface area contributed by atoms with Crippen LogP contribution in [0.4, 0.5) is 0 Å². The van der Waals surface area contributed by atoms with Gasteiger partial charge in [-0.05, 0) is 31.6 Å². The number of phosphoric acid groups is 2. The van der Waals surface area contributed by atoms with Crippen molar-refractivity contribution in [3.63, 3.8) is 0 Å². The fourth-order valence-electron chi connectivity index (χ4n) is 11.5. The summed E-state index contributed by atoms with van der Waals surface area (Å²) in [5, 5.41) is 10.6. The number of ether oxygens (including phenoxy) is 4. The lowest BCUT2D eigenvalue weighted by atomic mass is 9.99. The van der Waals surface area contributed by atoms with Crippen molar-refractivity contribution in [3.05, 3.63) is 0 Å². The molecule has 0 rings (SSSR count). The molecule has 0 saturated carbocycles. The lowest BCUT2D eigenvalue weighted by molar-refractivity contribution is -0.161. The summed E-state index contributed by atoms with van der Waals surface area (Å²) in [6.07, 6.45) is 56.8. The molecule has 0 aromatic rings. The second-order valence-corrected chi connectivity index (χ2v) is 30.2. The molecule has 3 N–H and O–H groups in total. The highest BCUT2D eigenvalue weighted by molar-refractivity contribution is 7.47. The maximum atomic E-state index is 13.1. The monoisotopic (exact) mass is 1380 g/mol. The number of aliphatic hydroxyl groups excluding tert-OH is 1. The van der Waals surface area contributed by atoms with Gasteiger partial charge in [-0.15, -0.1) is 0 Å². The average Bonchev–Trinajstić information content (AvgIpc) is 1.74. The first-order valence-corrected chi connectivity index (χ1v) is 42.2. The van der Waals surface area contributed by atoms with E-state index in [9.17, 15) is 43.2 Å². The third-order valence-corrected chi connectivity index (χ3v) is 19.8. The Morgan fingerprint density at radius 1 is 0.298 bits per heavy atom. The van der Waals surface area contributed by atoms with Crippen molar-refractivity contribution in [1.29, 1.82) is 0 Å². The summed E-state index contributed by atoms with van der Waals surface area (Å²) in [4.78, 5) is 72.7. The van der Waals surface area contributed by atoms with Crippen LogP contribution in [0.1, 0.15) is 394 Å². The van der Waals surface area contributed by atoms with Crippen LogP contribution in [0.5, 0.6) is 0 Å². The van der Waals surface area contributed by atoms with Gasteiger partial charge in [0.1, 0.15) is 19.3 Å². The highest BCUT2D eigenvalue weighted by atomic mass is 31.2. The van der Waals surface area contributed by atoms with Gasteiger partial charge in [0, 0.05) is 25.7 Å². The molecule has 3 unspecified atom stereocenters. The van der Waals surface area contributed by atoms with Gasteiger partial charge in [0.15, 0.2) is 12.2 Å². The number of rotatable bonds is 75. The minimum absolute atomic E-state index is 0.105. The Balaban J connectivity index is 5.23. The van der Waals surface area contributed by atoms with Crippen LogP contribution in [-0.4, -0.2) is 96.7 Å². The molecule has 0 aliphatic heterocycles. The standard InChI is InChI=1S/C75H146O17P2/c1-6-10-13-16-19-22-24-26-28-29-30-32-34-36-39-45-50-55-60-74(79)91-70(65-86-73(78)59-54-49-44-38-35-33-31-27-25-23-20-17-14-11-7-2)66-89-93(81,82)87-62-69(76)63-88-94(83,84)90-67-71(64-85-72(77)58-53-48-43-37-21-18-15-12-8-3)92-75(80)61-56-51-46-41-40-42-47-52-57-68(5)9-4/h68-71,76H,6-67H2,1-5H3,(H,81,82)(H,83,84)/t68?,69-,70-,71-/m1/s1. The predicted octanol–water partition coefficient (Wildman–Crippen LogP) is 22.1. The second-order valence-electron chi connectivity index (χ2n) is 27.3. The summed E-state index contributed by atoms with van der Waals surface area (Å²) in [5.41, 5.74) is 0. The molecule has 0 heterocycles. The number of hydrogen-bond donors (Lipinski definition) is 3. The van der Waals surface area contributed by atoms with Crippen LogP contribution in [0.15, 0.2) is 0 Å². The zero-order valence-corrected chi connectivity index (χ0v) is 62.9. The molecule has 0 aromatic heterocycles. The molecular formula is C75H146O17P2. The number of aliphatic hydroxyl groups is 1. The minimum atomic E-state index is -4.96. The Hall–Kier alpha value is -1.94. The van der Waals surface area contributed by atoms with Gasteiger partial charge in [-0.2, -0.15) is 0 Å². The van der Waals surface area contributed by atoms with Crippen molar-refractivity contribution < 1.29 is 80.2 Å². The Morgan fingerprint density at radius 3 is 0.755 bits per heavy atom. The molecule has 0 fully saturated rings. The van der Waals surface area contributed by atoms with E-state index >= 15 is 0 Å². The van der Waals surface area contributed by atoms with Crippen LogP contribution in [0.25, 0.3) is 0 Å². The van der Waals surface area contributed by atoms with Gasteiger partial charge >= 0.3 is 39.5 Å². The SMILES string of the molecule is CCCCCCCCCCCCCCCCCCCCC(=O)O[C@H](COC(=O)CCCCCCCCCCCCCCCCC)COP(=O)(O)OC[C@@H](O)COP(=O)(O)OC[C@@H](COC(=O)CCCCCCCCCCC)OC(=O)CCCCCCCCCCC(C)CC. The smallest absolute Gasteiger partial charge is 0.462 e. The molecule has 94 heavy (non-hydrogen) atoms. The number of esters is 4. The predicted molar refractivity (Wildman–Crippen MR) is 382 cm³/mol. The van der Waals surface area contributed by atoms with Crippen LogP contribution >= 0.6 is 15.6 Å². The van der Waals surface area contributed by atoms with Gasteiger partial charge in [-0.3, -0.25) is 37.3 Å². The Kier molecular flexibility index (Phi) is 66.8. The number of unbranched alkanes of at least 4 members (excludes halogenated alkanes) is 46. The van der Waals surface area contributed by atoms with E-state index in [4.69, 9.17) is 37.0 Å². The molecule has 17 nitrogen and oxygen atoms in total. The molecule has 558 valence electrons. The topological polar surface area (TPSA) is 237 Å². The molecule has 0 amide bonds. The molecule has 0 bridgehead atoms. The van der Waals surface area contributed by atoms with Gasteiger partial charge in [0.25, 0.3) is 0 Å². The third-order valence-electron chi connectivity index (χ3n) is 17.9. The van der Waals surface area contributed by atoms with E-state index < -0.39 is 97.5 Å². The van der Waals surface area contributed by atoms with Crippen LogP contribution in [-0.2, 0) is 65.4 Å². The lowest BCUT2D eigenvalue weighted by Crippen LogP contribution is -2.30. The molecule has 19 heteroatoms. The summed E-state index contributed by atoms with van der Waals surface area (Å²) >= 11 is 0. The second kappa shape index (κ2) is 68.2. The van der Waals surface area contributed by atoms with E-state index in [-0.39, 0.29) is 25.7 Å². The first-order valence-electron chi connectivity index (χ1n) is 39.2. The van der Waals surface area contributed by atoms with Crippen molar-refractivity contribution in [2.24, 2.45) is 5.92 Å². The van der Waals surface area contributed by atoms with Crippen molar-refractivity contribution >= 4 is 39.5 Å². The zero-order valence-electron chi connectivity index (χ0n) is 61.1. The van der Waals surface area contributed by atoms with Crippen molar-refractivity contribution in [1.82, 2.24) is 0 Å². The molecule has 0 aliphatic carbocycles. The summed E-state index contributed by atoms with van der Waals surface area (Å²) in [6, 6.07) is 0. The first kappa shape index (κ1) is 92.1. The van der Waals surface area contributed by atoms with Crippen LogP contribution in [0.2, 0.25) is 0 Å². The largest absolute Gasteiger partial charge is 0.472 e. The Morgan fingerprint density at radius 2 is 0.511 bits per heavy atom. The average molecular weight is 1380 g/mol. The molecule has 0 radical (unpaired) electrons. The van der Waals surface area contributed by atoms with E-state index in [1.54, 1.807) is 0 Å². The molecule has 0 aromatic carbocycles. The summed E-state index contributed by atoms with van der Waals surface area (Å²) in [5.74, 6) is -1.35. The quantitative estimate of drug-likeness (QED) is 0.0222. The third kappa shape index (κ3) is 67.3. The highest BCUT2D eigenvalue weighted by Gasteiger charge is 2.30. The van der Waals surface area contributed by atoms with E-state index in [2.05, 4.69) is 34.6 Å². The molecule has 0 saturated heterocycles. The fourth-order valence-corrected chi connectivity index (χ4v) is 13.1. The Labute approximate surface area is 575 Å². The number of carbonyl (C=O) groups is 4. The molecule has 0 spiro atoms. The number of phosphoric ester groups is 2. The van der Waals surface area contributed by atoms with Gasteiger partial charge in [-0.1, -0.05) is 343 Å². The maximum Gasteiger partial charge on any atom is 0.472 e. The number of hydrogen-bond acceptors (Lipinski definition) is 15. The van der Waals surface area contributed by atoms with Gasteiger partial charge < -0.3 is 33.8 Å². The van der Waals surface area contributed by atoms with Crippen molar-refractivity contribution in [2.45, 2.75) is 412 Å². The van der Waals surface area contributed by atoms with Gasteiger partial charge in [0.05, 0.1) is 26.4 Å². The van der Waals surface area contributed by atoms with Crippen molar-refractivity contribution in [2.75, 3.05) is 39.6 Å². The van der Waals surface area contributed by atoms with E-state index in [0.717, 1.165) is 95.8 Å². The van der Waals surface area contributed by atoms with E-state index in [1.807, 2.05) is 0 Å². The zero-order chi connectivity index (χ0) is 69.1. The summed E-state index contributed by atoms with van der Waals surface area (Å²) < 4.78 is 68.5. The fraction of sp³-hybridized carbons (Fsp3) is 0.947. The van der Waals surface area contributed by atoms with Crippen LogP contribution in [0, 0.1) is 5.92 Å². The van der Waals surface area contributed by atoms with E-state index in [1.165, 1.54) is 218 Å². The lowest BCUT2D eigenvalue weighted by Gasteiger charge is -2.21. The summed E-state index contributed by atoms with van der Waals surface area (Å²) in [7, 11) is -9.91. The normalized spacial score (nSPS) is 14.3. The highest BCUT2D eigenvalue weighted by Crippen LogP contribution is 2.45. The van der Waals surface area contributed by atoms with Crippen LogP contribution in [0.3, 0.4) is 0 Å². The number of carbonyl (C=O) groups excluding carboxylic acids is 4. The van der Waals surface area contributed by atoms with Gasteiger partial charge in [-0.25, -0.2) is 9.13 Å². The molecular weight excluding hydrogens is 1230 g/mol. The molecule has 0 aliphatic rings. The minimum Gasteiger partial charge on any atom is -0.462 e. The van der Waals surface area contributed by atoms with E-state index in [0.29, 0.717) is 25.7 Å². The summed E-state index contributed by atoms with van der Waals surface area (Å²) in [6.45, 7) is 7.27. The maximum absolute atomic E-state index is 13.1. The first-order chi connectivity index (χ1) is 45.6. The van der Waals surface area contributed by atoms with Gasteiger partial charge in [0.2, 0.25) is 0 Å².